The third-order valence-electron chi connectivity index (χ3n) is 2.90. The van der Waals surface area contributed by atoms with E-state index in [4.69, 9.17) is 9.84 Å². The fraction of sp³-hybridized carbons (Fsp3) is 0.333. The van der Waals surface area contributed by atoms with Crippen LogP contribution < -0.4 is 5.32 Å². The summed E-state index contributed by atoms with van der Waals surface area (Å²) < 4.78 is 18.4. The van der Waals surface area contributed by atoms with Crippen molar-refractivity contribution in [2.75, 3.05) is 13.2 Å². The van der Waals surface area contributed by atoms with E-state index >= 15 is 0 Å². The monoisotopic (exact) mass is 253 g/mol. The third kappa shape index (κ3) is 2.19. The second-order valence-electron chi connectivity index (χ2n) is 4.12. The minimum absolute atomic E-state index is 0.109. The molecule has 1 aliphatic heterocycles. The average molecular weight is 253 g/mol. The molecule has 1 heterocycles. The Morgan fingerprint density at radius 2 is 2.11 bits per heavy atom. The Morgan fingerprint density at radius 3 is 2.67 bits per heavy atom. The molecule has 2 N–H and O–H groups in total. The summed E-state index contributed by atoms with van der Waals surface area (Å²) in [7, 11) is 0. The Kier molecular flexibility index (Phi) is 3.29. The Morgan fingerprint density at radius 1 is 1.39 bits per heavy atom. The van der Waals surface area contributed by atoms with Gasteiger partial charge in [-0.3, -0.25) is 4.79 Å². The molecule has 0 radical (unpaired) electrons. The van der Waals surface area contributed by atoms with Gasteiger partial charge in [-0.1, -0.05) is 12.1 Å². The molecule has 1 aliphatic rings. The van der Waals surface area contributed by atoms with E-state index in [1.54, 1.807) is 0 Å². The summed E-state index contributed by atoms with van der Waals surface area (Å²) >= 11 is 0. The van der Waals surface area contributed by atoms with Crippen molar-refractivity contribution in [1.82, 2.24) is 5.32 Å². The van der Waals surface area contributed by atoms with Gasteiger partial charge in [0.1, 0.15) is 5.82 Å². The lowest BCUT2D eigenvalue weighted by Crippen LogP contribution is -2.55. The van der Waals surface area contributed by atoms with Crippen molar-refractivity contribution in [2.45, 2.75) is 12.0 Å². The van der Waals surface area contributed by atoms with Crippen LogP contribution in [0.3, 0.4) is 0 Å². The van der Waals surface area contributed by atoms with Crippen molar-refractivity contribution in [2.24, 2.45) is 0 Å². The third-order valence-corrected chi connectivity index (χ3v) is 2.90. The minimum Gasteiger partial charge on any atom is -0.479 e. The predicted octanol–water partition coefficient (Wildman–Crippen LogP) is 0.799. The van der Waals surface area contributed by atoms with Crippen LogP contribution in [0.4, 0.5) is 4.39 Å². The van der Waals surface area contributed by atoms with Crippen molar-refractivity contribution >= 4 is 11.9 Å². The van der Waals surface area contributed by atoms with Crippen LogP contribution in [0.2, 0.25) is 0 Å². The van der Waals surface area contributed by atoms with Gasteiger partial charge in [0, 0.05) is 13.0 Å². The number of aliphatic carboxylic acids is 1. The lowest BCUT2D eigenvalue weighted by molar-refractivity contribution is -0.144. The second-order valence-corrected chi connectivity index (χ2v) is 4.12. The maximum Gasteiger partial charge on any atom is 0.331 e. The maximum absolute atomic E-state index is 13.4. The standard InChI is InChI=1S/C12H12FNO4/c13-9-4-2-1-3-8(9)10(15)14-12(11(16)17)5-6-18-7-12/h1-4H,5-7H2,(H,14,15)(H,16,17). The normalized spacial score (nSPS) is 22.7. The topological polar surface area (TPSA) is 75.6 Å². The molecule has 18 heavy (non-hydrogen) atoms. The molecule has 1 fully saturated rings. The molecule has 1 aromatic rings. The number of nitrogens with one attached hydrogen (secondary N) is 1. The first kappa shape index (κ1) is 12.5. The number of benzene rings is 1. The highest BCUT2D eigenvalue weighted by molar-refractivity contribution is 5.98. The summed E-state index contributed by atoms with van der Waals surface area (Å²) in [5.41, 5.74) is -1.63. The van der Waals surface area contributed by atoms with E-state index in [1.165, 1.54) is 18.2 Å². The van der Waals surface area contributed by atoms with Gasteiger partial charge in [0.2, 0.25) is 0 Å². The fourth-order valence-electron chi connectivity index (χ4n) is 1.82. The van der Waals surface area contributed by atoms with Crippen molar-refractivity contribution in [3.05, 3.63) is 35.6 Å². The number of rotatable bonds is 3. The zero-order chi connectivity index (χ0) is 13.2. The van der Waals surface area contributed by atoms with Gasteiger partial charge in [-0.05, 0) is 12.1 Å². The smallest absolute Gasteiger partial charge is 0.331 e. The molecule has 2 rings (SSSR count). The van der Waals surface area contributed by atoms with Gasteiger partial charge < -0.3 is 15.2 Å². The number of hydrogen-bond acceptors (Lipinski definition) is 3. The summed E-state index contributed by atoms with van der Waals surface area (Å²) in [6.45, 7) is 0.145. The molecular weight excluding hydrogens is 241 g/mol. The van der Waals surface area contributed by atoms with Crippen LogP contribution in [0.25, 0.3) is 0 Å². The Bertz CT molecular complexity index is 483. The van der Waals surface area contributed by atoms with Gasteiger partial charge in [-0.25, -0.2) is 9.18 Å². The van der Waals surface area contributed by atoms with Crippen LogP contribution in [0.15, 0.2) is 24.3 Å². The molecule has 96 valence electrons. The molecule has 0 aromatic heterocycles. The minimum atomic E-state index is -1.46. The lowest BCUT2D eigenvalue weighted by Gasteiger charge is -2.23. The number of carbonyl (C=O) groups excluding carboxylic acids is 1. The zero-order valence-corrected chi connectivity index (χ0v) is 9.48. The number of ether oxygens (including phenoxy) is 1. The van der Waals surface area contributed by atoms with Crippen LogP contribution in [0, 0.1) is 5.82 Å². The largest absolute Gasteiger partial charge is 0.479 e. The number of carboxylic acid groups (broad SMARTS) is 1. The first-order chi connectivity index (χ1) is 8.55. The Balaban J connectivity index is 2.21. The molecule has 1 aromatic carbocycles. The summed E-state index contributed by atoms with van der Waals surface area (Å²) in [6.07, 6.45) is 0.169. The van der Waals surface area contributed by atoms with Crippen molar-refractivity contribution < 1.29 is 23.8 Å². The molecule has 1 atom stereocenters. The van der Waals surface area contributed by atoms with E-state index in [0.29, 0.717) is 0 Å². The fourth-order valence-corrected chi connectivity index (χ4v) is 1.82. The Hall–Kier alpha value is -1.95. The van der Waals surface area contributed by atoms with Gasteiger partial charge in [0.25, 0.3) is 5.91 Å². The number of carboxylic acids is 1. The van der Waals surface area contributed by atoms with Crippen LogP contribution in [0.1, 0.15) is 16.8 Å². The first-order valence-corrected chi connectivity index (χ1v) is 5.43. The van der Waals surface area contributed by atoms with Crippen LogP contribution in [0.5, 0.6) is 0 Å². The van der Waals surface area contributed by atoms with E-state index < -0.39 is 23.2 Å². The van der Waals surface area contributed by atoms with Crippen LogP contribution >= 0.6 is 0 Å². The maximum atomic E-state index is 13.4. The molecule has 1 amide bonds. The molecule has 1 unspecified atom stereocenters. The highest BCUT2D eigenvalue weighted by Crippen LogP contribution is 2.20. The zero-order valence-electron chi connectivity index (χ0n) is 9.48. The van der Waals surface area contributed by atoms with Crippen LogP contribution in [-0.4, -0.2) is 35.7 Å². The summed E-state index contributed by atoms with van der Waals surface area (Å²) in [6, 6.07) is 5.41. The van der Waals surface area contributed by atoms with E-state index in [9.17, 15) is 14.0 Å². The molecule has 1 saturated heterocycles. The first-order valence-electron chi connectivity index (χ1n) is 5.43. The van der Waals surface area contributed by atoms with Gasteiger partial charge >= 0.3 is 5.97 Å². The van der Waals surface area contributed by atoms with Crippen molar-refractivity contribution in [1.29, 1.82) is 0 Å². The number of carbonyl (C=O) groups is 2. The van der Waals surface area contributed by atoms with Gasteiger partial charge in [0.05, 0.1) is 12.2 Å². The SMILES string of the molecule is O=C(NC1(C(=O)O)CCOC1)c1ccccc1F. The van der Waals surface area contributed by atoms with Gasteiger partial charge in [-0.2, -0.15) is 0 Å². The molecule has 0 spiro atoms. The van der Waals surface area contributed by atoms with E-state index in [1.807, 2.05) is 0 Å². The van der Waals surface area contributed by atoms with E-state index in [-0.39, 0.29) is 25.2 Å². The molecule has 0 aliphatic carbocycles. The lowest BCUT2D eigenvalue weighted by atomic mass is 9.98. The molecule has 0 bridgehead atoms. The van der Waals surface area contributed by atoms with Gasteiger partial charge in [-0.15, -0.1) is 0 Å². The van der Waals surface area contributed by atoms with E-state index in [2.05, 4.69) is 5.32 Å². The predicted molar refractivity (Wildman–Crippen MR) is 59.7 cm³/mol. The summed E-state index contributed by atoms with van der Waals surface area (Å²) in [5, 5.41) is 11.5. The van der Waals surface area contributed by atoms with Crippen molar-refractivity contribution in [3.63, 3.8) is 0 Å². The molecular formula is C12H12FNO4. The average Bonchev–Trinajstić information content (AvgIpc) is 2.79. The number of hydrogen-bond donors (Lipinski definition) is 2. The summed E-state index contributed by atoms with van der Waals surface area (Å²) in [4.78, 5) is 23.0. The van der Waals surface area contributed by atoms with Gasteiger partial charge in [0.15, 0.2) is 5.54 Å². The quantitative estimate of drug-likeness (QED) is 0.835. The molecule has 6 heteroatoms. The number of halogens is 1. The number of amides is 1. The van der Waals surface area contributed by atoms with Crippen molar-refractivity contribution in [3.8, 4) is 0 Å². The van der Waals surface area contributed by atoms with E-state index in [0.717, 1.165) is 6.07 Å². The molecule has 0 saturated carbocycles. The highest BCUT2D eigenvalue weighted by atomic mass is 19.1. The second kappa shape index (κ2) is 4.73. The Labute approximate surface area is 103 Å². The molecule has 5 nitrogen and oxygen atoms in total. The van der Waals surface area contributed by atoms with Crippen LogP contribution in [-0.2, 0) is 9.53 Å². The summed E-state index contributed by atoms with van der Waals surface area (Å²) in [5.74, 6) is -2.61. The highest BCUT2D eigenvalue weighted by Gasteiger charge is 2.44.